The van der Waals surface area contributed by atoms with Crippen LogP contribution in [-0.2, 0) is 16.4 Å². The largest absolute Gasteiger partial charge is 0.240 e. The SMILES string of the molecule is Cc1ccccc1CC(C)NS(=O)(=O)c1cccc(Br)c1. The van der Waals surface area contributed by atoms with E-state index in [0.717, 1.165) is 10.0 Å². The summed E-state index contributed by atoms with van der Waals surface area (Å²) < 4.78 is 28.1. The van der Waals surface area contributed by atoms with E-state index < -0.39 is 10.0 Å². The monoisotopic (exact) mass is 367 g/mol. The third-order valence-corrected chi connectivity index (χ3v) is 5.33. The predicted molar refractivity (Wildman–Crippen MR) is 88.8 cm³/mol. The van der Waals surface area contributed by atoms with Gasteiger partial charge in [-0.15, -0.1) is 0 Å². The van der Waals surface area contributed by atoms with E-state index in [1.165, 1.54) is 5.56 Å². The zero-order chi connectivity index (χ0) is 15.5. The first-order valence-corrected chi connectivity index (χ1v) is 8.98. The van der Waals surface area contributed by atoms with Crippen LogP contribution in [0.3, 0.4) is 0 Å². The predicted octanol–water partition coefficient (Wildman–Crippen LogP) is 3.67. The standard InChI is InChI=1S/C16H18BrNO2S/c1-12-6-3-4-7-14(12)10-13(2)18-21(19,20)16-9-5-8-15(17)11-16/h3-9,11,13,18H,10H2,1-2H3. The fourth-order valence-electron chi connectivity index (χ4n) is 2.18. The molecule has 5 heteroatoms. The van der Waals surface area contributed by atoms with Gasteiger partial charge >= 0.3 is 0 Å². The van der Waals surface area contributed by atoms with E-state index in [-0.39, 0.29) is 10.9 Å². The first-order valence-electron chi connectivity index (χ1n) is 6.71. The molecule has 0 aliphatic rings. The third kappa shape index (κ3) is 4.40. The molecule has 1 N–H and O–H groups in total. The van der Waals surface area contributed by atoms with E-state index in [1.807, 2.05) is 38.1 Å². The van der Waals surface area contributed by atoms with Gasteiger partial charge < -0.3 is 0 Å². The Labute approximate surface area is 134 Å². The van der Waals surface area contributed by atoms with Gasteiger partial charge in [0.25, 0.3) is 0 Å². The zero-order valence-corrected chi connectivity index (χ0v) is 14.4. The summed E-state index contributed by atoms with van der Waals surface area (Å²) in [6.45, 7) is 3.91. The lowest BCUT2D eigenvalue weighted by Gasteiger charge is -2.15. The Bertz CT molecular complexity index is 729. The van der Waals surface area contributed by atoms with Crippen molar-refractivity contribution in [3.05, 3.63) is 64.1 Å². The van der Waals surface area contributed by atoms with Crippen molar-refractivity contribution in [3.8, 4) is 0 Å². The second-order valence-electron chi connectivity index (χ2n) is 5.11. The fraction of sp³-hybridized carbons (Fsp3) is 0.250. The quantitative estimate of drug-likeness (QED) is 0.876. The summed E-state index contributed by atoms with van der Waals surface area (Å²) in [4.78, 5) is 0.272. The van der Waals surface area contributed by atoms with E-state index in [4.69, 9.17) is 0 Å². The van der Waals surface area contributed by atoms with Crippen LogP contribution in [0.4, 0.5) is 0 Å². The van der Waals surface area contributed by atoms with Gasteiger partial charge in [-0.05, 0) is 49.6 Å². The molecular formula is C16H18BrNO2S. The zero-order valence-electron chi connectivity index (χ0n) is 12.0. The second-order valence-corrected chi connectivity index (χ2v) is 7.74. The Morgan fingerprint density at radius 2 is 1.86 bits per heavy atom. The van der Waals surface area contributed by atoms with E-state index >= 15 is 0 Å². The topological polar surface area (TPSA) is 46.2 Å². The van der Waals surface area contributed by atoms with Crippen molar-refractivity contribution in [1.29, 1.82) is 0 Å². The van der Waals surface area contributed by atoms with Crippen LogP contribution in [0, 0.1) is 6.92 Å². The molecule has 3 nitrogen and oxygen atoms in total. The molecule has 0 aromatic heterocycles. The van der Waals surface area contributed by atoms with Crippen LogP contribution in [-0.4, -0.2) is 14.5 Å². The summed E-state index contributed by atoms with van der Waals surface area (Å²) in [5.41, 5.74) is 2.33. The third-order valence-electron chi connectivity index (χ3n) is 3.25. The van der Waals surface area contributed by atoms with Crippen molar-refractivity contribution in [2.24, 2.45) is 0 Å². The molecule has 2 aromatic carbocycles. The minimum atomic E-state index is -3.49. The summed E-state index contributed by atoms with van der Waals surface area (Å²) >= 11 is 3.29. The molecule has 0 fully saturated rings. The van der Waals surface area contributed by atoms with E-state index in [0.29, 0.717) is 6.42 Å². The van der Waals surface area contributed by atoms with Crippen LogP contribution in [0.1, 0.15) is 18.1 Å². The average molecular weight is 368 g/mol. The Balaban J connectivity index is 2.12. The minimum Gasteiger partial charge on any atom is -0.208 e. The lowest BCUT2D eigenvalue weighted by molar-refractivity contribution is 0.559. The summed E-state index contributed by atoms with van der Waals surface area (Å²) in [7, 11) is -3.49. The number of halogens is 1. The number of rotatable bonds is 5. The molecule has 21 heavy (non-hydrogen) atoms. The van der Waals surface area contributed by atoms with Gasteiger partial charge in [-0.1, -0.05) is 46.3 Å². The highest BCUT2D eigenvalue weighted by atomic mass is 79.9. The number of hydrogen-bond donors (Lipinski definition) is 1. The van der Waals surface area contributed by atoms with E-state index in [1.54, 1.807) is 24.3 Å². The van der Waals surface area contributed by atoms with E-state index in [2.05, 4.69) is 20.7 Å². The Hall–Kier alpha value is -1.17. The number of nitrogens with one attached hydrogen (secondary N) is 1. The maximum atomic E-state index is 12.3. The molecule has 0 spiro atoms. The average Bonchev–Trinajstić information content (AvgIpc) is 2.41. The van der Waals surface area contributed by atoms with Gasteiger partial charge in [-0.3, -0.25) is 0 Å². The molecule has 0 amide bonds. The lowest BCUT2D eigenvalue weighted by Crippen LogP contribution is -2.34. The molecule has 0 radical (unpaired) electrons. The number of hydrogen-bond acceptors (Lipinski definition) is 2. The smallest absolute Gasteiger partial charge is 0.208 e. The second kappa shape index (κ2) is 6.73. The molecule has 112 valence electrons. The van der Waals surface area contributed by atoms with Gasteiger partial charge in [-0.2, -0.15) is 0 Å². The van der Waals surface area contributed by atoms with Gasteiger partial charge in [-0.25, -0.2) is 13.1 Å². The molecule has 1 unspecified atom stereocenters. The van der Waals surface area contributed by atoms with Gasteiger partial charge in [0.1, 0.15) is 0 Å². The number of aryl methyl sites for hydroxylation is 1. The van der Waals surface area contributed by atoms with Crippen molar-refractivity contribution in [3.63, 3.8) is 0 Å². The highest BCUT2D eigenvalue weighted by Crippen LogP contribution is 2.17. The van der Waals surface area contributed by atoms with Crippen LogP contribution in [0.25, 0.3) is 0 Å². The van der Waals surface area contributed by atoms with Gasteiger partial charge in [0.2, 0.25) is 10.0 Å². The Kier molecular flexibility index (Phi) is 5.19. The van der Waals surface area contributed by atoms with Gasteiger partial charge in [0.05, 0.1) is 4.90 Å². The molecule has 0 aliphatic carbocycles. The Morgan fingerprint density at radius 3 is 2.52 bits per heavy atom. The number of benzene rings is 2. The van der Waals surface area contributed by atoms with Crippen molar-refractivity contribution in [2.75, 3.05) is 0 Å². The van der Waals surface area contributed by atoms with Crippen molar-refractivity contribution in [2.45, 2.75) is 31.2 Å². The lowest BCUT2D eigenvalue weighted by atomic mass is 10.0. The van der Waals surface area contributed by atoms with Crippen LogP contribution in [0.15, 0.2) is 57.9 Å². The van der Waals surface area contributed by atoms with Gasteiger partial charge in [0.15, 0.2) is 0 Å². The van der Waals surface area contributed by atoms with E-state index in [9.17, 15) is 8.42 Å². The van der Waals surface area contributed by atoms with Crippen LogP contribution in [0.2, 0.25) is 0 Å². The van der Waals surface area contributed by atoms with Crippen LogP contribution in [0.5, 0.6) is 0 Å². The Morgan fingerprint density at radius 1 is 1.14 bits per heavy atom. The maximum absolute atomic E-state index is 12.3. The molecule has 0 heterocycles. The number of sulfonamides is 1. The normalized spacial score (nSPS) is 13.1. The molecule has 1 atom stereocenters. The molecule has 2 aromatic rings. The first-order chi connectivity index (χ1) is 9.88. The summed E-state index contributed by atoms with van der Waals surface area (Å²) in [5, 5.41) is 0. The minimum absolute atomic E-state index is 0.171. The molecular weight excluding hydrogens is 350 g/mol. The van der Waals surface area contributed by atoms with Crippen LogP contribution < -0.4 is 4.72 Å². The van der Waals surface area contributed by atoms with Crippen molar-refractivity contribution < 1.29 is 8.42 Å². The summed E-state index contributed by atoms with van der Waals surface area (Å²) in [6.07, 6.45) is 0.667. The fourth-order valence-corrected chi connectivity index (χ4v) is 4.02. The first kappa shape index (κ1) is 16.2. The van der Waals surface area contributed by atoms with Crippen molar-refractivity contribution >= 4 is 26.0 Å². The highest BCUT2D eigenvalue weighted by Gasteiger charge is 2.18. The summed E-state index contributed by atoms with van der Waals surface area (Å²) in [5.74, 6) is 0. The molecule has 0 bridgehead atoms. The van der Waals surface area contributed by atoms with Crippen molar-refractivity contribution in [1.82, 2.24) is 4.72 Å². The molecule has 0 saturated carbocycles. The molecule has 0 saturated heterocycles. The maximum Gasteiger partial charge on any atom is 0.240 e. The molecule has 2 rings (SSSR count). The van der Waals surface area contributed by atoms with Gasteiger partial charge in [0, 0.05) is 10.5 Å². The highest BCUT2D eigenvalue weighted by molar-refractivity contribution is 9.10. The molecule has 0 aliphatic heterocycles. The van der Waals surface area contributed by atoms with Crippen LogP contribution >= 0.6 is 15.9 Å². The summed E-state index contributed by atoms with van der Waals surface area (Å²) in [6, 6.07) is 14.5.